The Morgan fingerprint density at radius 3 is 1.75 bits per heavy atom. The maximum atomic E-state index is 11.3. The summed E-state index contributed by atoms with van der Waals surface area (Å²) in [4.78, 5) is 11.3. The van der Waals surface area contributed by atoms with E-state index in [-0.39, 0.29) is 5.97 Å². The molecule has 2 aromatic carbocycles. The van der Waals surface area contributed by atoms with Gasteiger partial charge in [-0.1, -0.05) is 77.0 Å². The number of azo groups is 1. The first-order valence-electron chi connectivity index (χ1n) is 13.6. The predicted octanol–water partition coefficient (Wildman–Crippen LogP) is 9.45. The summed E-state index contributed by atoms with van der Waals surface area (Å²) in [5.74, 6) is 0.598. The summed E-state index contributed by atoms with van der Waals surface area (Å²) in [5.41, 5.74) is 3.52. The third-order valence-corrected chi connectivity index (χ3v) is 6.01. The van der Waals surface area contributed by atoms with E-state index in [0.717, 1.165) is 49.4 Å². The van der Waals surface area contributed by atoms with Crippen LogP contribution in [0.3, 0.4) is 0 Å². The summed E-state index contributed by atoms with van der Waals surface area (Å²) >= 11 is 0. The summed E-state index contributed by atoms with van der Waals surface area (Å²) in [6.07, 6.45) is 14.1. The molecule has 5 nitrogen and oxygen atoms in total. The van der Waals surface area contributed by atoms with E-state index in [1.165, 1.54) is 56.9 Å². The molecule has 0 aliphatic heterocycles. The molecule has 36 heavy (non-hydrogen) atoms. The van der Waals surface area contributed by atoms with E-state index in [1.807, 2.05) is 36.4 Å². The van der Waals surface area contributed by atoms with Crippen LogP contribution in [-0.2, 0) is 16.0 Å². The number of hydrogen-bond donors (Lipinski definition) is 0. The maximum Gasteiger partial charge on any atom is 0.333 e. The predicted molar refractivity (Wildman–Crippen MR) is 148 cm³/mol. The van der Waals surface area contributed by atoms with E-state index < -0.39 is 0 Å². The van der Waals surface area contributed by atoms with Crippen molar-refractivity contribution >= 4 is 17.3 Å². The number of benzene rings is 2. The molecule has 0 spiro atoms. The smallest absolute Gasteiger partial charge is 0.333 e. The zero-order chi connectivity index (χ0) is 25.8. The van der Waals surface area contributed by atoms with Crippen molar-refractivity contribution in [2.24, 2.45) is 10.2 Å². The van der Waals surface area contributed by atoms with Crippen molar-refractivity contribution in [3.8, 4) is 5.75 Å². The molecule has 0 aliphatic rings. The molecule has 0 saturated heterocycles. The average molecular weight is 493 g/mol. The molecule has 196 valence electrons. The highest BCUT2D eigenvalue weighted by atomic mass is 16.5. The topological polar surface area (TPSA) is 60.2 Å². The van der Waals surface area contributed by atoms with Crippen molar-refractivity contribution in [2.45, 2.75) is 90.9 Å². The lowest BCUT2D eigenvalue weighted by atomic mass is 10.1. The fraction of sp³-hybridized carbons (Fsp3) is 0.516. The Kier molecular flexibility index (Phi) is 14.9. The summed E-state index contributed by atoms with van der Waals surface area (Å²) < 4.78 is 11.0. The molecule has 0 N–H and O–H groups in total. The third-order valence-electron chi connectivity index (χ3n) is 6.01. The molecule has 0 unspecified atom stereocenters. The number of ether oxygens (including phenoxy) is 2. The zero-order valence-corrected chi connectivity index (χ0v) is 22.3. The van der Waals surface area contributed by atoms with Gasteiger partial charge in [0.05, 0.1) is 24.6 Å². The lowest BCUT2D eigenvalue weighted by molar-refractivity contribution is -0.139. The summed E-state index contributed by atoms with van der Waals surface area (Å²) in [7, 11) is 0. The quantitative estimate of drug-likeness (QED) is 0.0849. The van der Waals surface area contributed by atoms with E-state index in [9.17, 15) is 4.79 Å². The Hall–Kier alpha value is -2.95. The maximum absolute atomic E-state index is 11.3. The number of hydrogen-bond acceptors (Lipinski definition) is 5. The molecular weight excluding hydrogens is 448 g/mol. The number of nitrogens with zero attached hydrogens (tertiary/aromatic N) is 2. The van der Waals surface area contributed by atoms with Gasteiger partial charge in [0.15, 0.2) is 0 Å². The van der Waals surface area contributed by atoms with Crippen LogP contribution in [-0.4, -0.2) is 19.2 Å². The molecule has 0 saturated carbocycles. The molecule has 5 heteroatoms. The van der Waals surface area contributed by atoms with Crippen LogP contribution in [0, 0.1) is 0 Å². The van der Waals surface area contributed by atoms with Gasteiger partial charge in [-0.05, 0) is 74.6 Å². The molecule has 0 aliphatic carbocycles. The van der Waals surface area contributed by atoms with Crippen LogP contribution in [0.15, 0.2) is 70.9 Å². The SMILES string of the molecule is C=C(C)C(=O)OCCCCCCCCCCCOc1ccc(/N=N/c2ccc(CCCC)cc2)cc1. The lowest BCUT2D eigenvalue weighted by Crippen LogP contribution is -2.05. The van der Waals surface area contributed by atoms with Crippen LogP contribution >= 0.6 is 0 Å². The van der Waals surface area contributed by atoms with E-state index in [1.54, 1.807) is 6.92 Å². The molecule has 0 radical (unpaired) electrons. The van der Waals surface area contributed by atoms with Crippen molar-refractivity contribution in [2.75, 3.05) is 13.2 Å². The highest BCUT2D eigenvalue weighted by molar-refractivity contribution is 5.86. The molecule has 0 heterocycles. The van der Waals surface area contributed by atoms with Gasteiger partial charge in [-0.2, -0.15) is 10.2 Å². The molecule has 2 rings (SSSR count). The monoisotopic (exact) mass is 492 g/mol. The fourth-order valence-corrected chi connectivity index (χ4v) is 3.75. The molecular formula is C31H44N2O3. The van der Waals surface area contributed by atoms with Crippen molar-refractivity contribution in [3.63, 3.8) is 0 Å². The van der Waals surface area contributed by atoms with Gasteiger partial charge >= 0.3 is 5.97 Å². The van der Waals surface area contributed by atoms with Crippen LogP contribution in [0.5, 0.6) is 5.75 Å². The van der Waals surface area contributed by atoms with E-state index in [0.29, 0.717) is 12.2 Å². The molecule has 0 fully saturated rings. The molecule has 0 amide bonds. The molecule has 0 aromatic heterocycles. The first-order valence-corrected chi connectivity index (χ1v) is 13.6. The van der Waals surface area contributed by atoms with E-state index >= 15 is 0 Å². The van der Waals surface area contributed by atoms with Gasteiger partial charge in [-0.3, -0.25) is 0 Å². The lowest BCUT2D eigenvalue weighted by Gasteiger charge is -2.06. The molecule has 0 bridgehead atoms. The van der Waals surface area contributed by atoms with Crippen LogP contribution in [0.2, 0.25) is 0 Å². The molecule has 0 atom stereocenters. The Morgan fingerprint density at radius 2 is 1.22 bits per heavy atom. The minimum Gasteiger partial charge on any atom is -0.494 e. The van der Waals surface area contributed by atoms with Gasteiger partial charge in [0.25, 0.3) is 0 Å². The minimum absolute atomic E-state index is 0.280. The van der Waals surface area contributed by atoms with Gasteiger partial charge in [0.2, 0.25) is 0 Å². The van der Waals surface area contributed by atoms with Crippen LogP contribution in [0.1, 0.15) is 90.0 Å². The number of rotatable bonds is 19. The second kappa shape index (κ2) is 18.3. The summed E-state index contributed by atoms with van der Waals surface area (Å²) in [6, 6.07) is 16.1. The van der Waals surface area contributed by atoms with Gasteiger partial charge < -0.3 is 9.47 Å². The number of carbonyl (C=O) groups is 1. The highest BCUT2D eigenvalue weighted by Gasteiger charge is 2.02. The van der Waals surface area contributed by atoms with Crippen molar-refractivity contribution in [3.05, 3.63) is 66.2 Å². The Morgan fingerprint density at radius 1 is 0.722 bits per heavy atom. The van der Waals surface area contributed by atoms with E-state index in [4.69, 9.17) is 9.47 Å². The van der Waals surface area contributed by atoms with Crippen LogP contribution in [0.4, 0.5) is 11.4 Å². The number of unbranched alkanes of at least 4 members (excludes halogenated alkanes) is 9. The van der Waals surface area contributed by atoms with Gasteiger partial charge in [0.1, 0.15) is 5.75 Å². The van der Waals surface area contributed by atoms with Gasteiger partial charge in [0, 0.05) is 5.57 Å². The standard InChI is InChI=1S/C31H44N2O3/c1-4-5-15-27-16-18-28(19-17-27)32-33-29-20-22-30(23-21-29)35-24-13-11-9-7-6-8-10-12-14-25-36-31(34)26(2)3/h16-23H,2,4-15,24-25H2,1,3H3/b33-32+. The van der Waals surface area contributed by atoms with Crippen LogP contribution in [0.25, 0.3) is 0 Å². The van der Waals surface area contributed by atoms with Gasteiger partial charge in [-0.15, -0.1) is 0 Å². The Labute approximate surface area is 218 Å². The second-order valence-electron chi connectivity index (χ2n) is 9.41. The Bertz CT molecular complexity index is 904. The van der Waals surface area contributed by atoms with Crippen LogP contribution < -0.4 is 4.74 Å². The van der Waals surface area contributed by atoms with Crippen molar-refractivity contribution in [1.29, 1.82) is 0 Å². The number of esters is 1. The average Bonchev–Trinajstić information content (AvgIpc) is 2.90. The highest BCUT2D eigenvalue weighted by Crippen LogP contribution is 2.22. The summed E-state index contributed by atoms with van der Waals surface area (Å²) in [6.45, 7) is 8.72. The largest absolute Gasteiger partial charge is 0.494 e. The zero-order valence-electron chi connectivity index (χ0n) is 22.3. The third kappa shape index (κ3) is 13.2. The van der Waals surface area contributed by atoms with Crippen molar-refractivity contribution in [1.82, 2.24) is 0 Å². The summed E-state index contributed by atoms with van der Waals surface area (Å²) in [5, 5.41) is 8.67. The first kappa shape index (κ1) is 29.3. The second-order valence-corrected chi connectivity index (χ2v) is 9.41. The minimum atomic E-state index is -0.280. The number of carbonyl (C=O) groups excluding carboxylic acids is 1. The van der Waals surface area contributed by atoms with Crippen molar-refractivity contribution < 1.29 is 14.3 Å². The normalized spacial score (nSPS) is 11.1. The fourth-order valence-electron chi connectivity index (χ4n) is 3.75. The number of aryl methyl sites for hydroxylation is 1. The molecule has 2 aromatic rings. The van der Waals surface area contributed by atoms with Gasteiger partial charge in [-0.25, -0.2) is 4.79 Å². The van der Waals surface area contributed by atoms with E-state index in [2.05, 4.69) is 35.9 Å². The first-order chi connectivity index (χ1) is 17.6. The Balaban J connectivity index is 1.47.